The van der Waals surface area contributed by atoms with Gasteiger partial charge < -0.3 is 15.3 Å². The summed E-state index contributed by atoms with van der Waals surface area (Å²) in [6.07, 6.45) is 0. The summed E-state index contributed by atoms with van der Waals surface area (Å²) in [5.41, 5.74) is 0. The monoisotopic (exact) mass is 158 g/mol. The van der Waals surface area contributed by atoms with Gasteiger partial charge in [-0.3, -0.25) is 0 Å². The van der Waals surface area contributed by atoms with Crippen LogP contribution in [0.3, 0.4) is 0 Å². The maximum absolute atomic E-state index is 7.74. The Morgan fingerprint density at radius 1 is 1.22 bits per heavy atom. The smallest absolute Gasteiger partial charge is 0.0566 e. The van der Waals surface area contributed by atoms with Crippen LogP contribution in [0.4, 0.5) is 0 Å². The van der Waals surface area contributed by atoms with Crippen molar-refractivity contribution in [1.29, 1.82) is 0 Å². The van der Waals surface area contributed by atoms with Crippen molar-refractivity contribution in [2.75, 3.05) is 26.2 Å². The molecule has 0 amide bonds. The van der Waals surface area contributed by atoms with Crippen LogP contribution in [-0.2, 0) is 0 Å². The molecule has 0 aliphatic carbocycles. The van der Waals surface area contributed by atoms with Crippen LogP contribution in [-0.4, -0.2) is 41.5 Å². The maximum Gasteiger partial charge on any atom is 0.0566 e. The minimum atomic E-state index is 0.0849. The Kier molecular flexibility index (Phi) is 74.7. The fourth-order valence-electron chi connectivity index (χ4n) is 0. The molecule has 3 nitrogen and oxygen atoms in total. The van der Waals surface area contributed by atoms with Gasteiger partial charge in [-0.1, -0.05) is 0 Å². The Bertz CT molecular complexity index is 19.7. The molecule has 0 heterocycles. The molecule has 0 aliphatic rings. The predicted octanol–water partition coefficient (Wildman–Crippen LogP) is -0.175. The minimum absolute atomic E-state index is 0.0849. The fraction of sp³-hybridized carbons (Fsp3) is 1.00. The fourth-order valence-corrected chi connectivity index (χ4v) is 0. The summed E-state index contributed by atoms with van der Waals surface area (Å²) in [6, 6.07) is 0. The molecule has 3 N–H and O–H groups in total. The number of hydrogen-bond acceptors (Lipinski definition) is 3. The van der Waals surface area contributed by atoms with Crippen LogP contribution in [0.5, 0.6) is 0 Å². The van der Waals surface area contributed by atoms with Crippen molar-refractivity contribution in [3.63, 3.8) is 0 Å². The molecule has 0 saturated carbocycles. The van der Waals surface area contributed by atoms with E-state index in [4.69, 9.17) is 26.9 Å². The van der Waals surface area contributed by atoms with E-state index in [0.717, 1.165) is 7.11 Å². The first-order valence-corrected chi connectivity index (χ1v) is 3.09. The van der Waals surface area contributed by atoms with Crippen molar-refractivity contribution in [3.05, 3.63) is 0 Å². The van der Waals surface area contributed by atoms with Crippen molar-refractivity contribution >= 4 is 11.6 Å². The molecule has 0 aliphatic heterocycles. The van der Waals surface area contributed by atoms with Crippen molar-refractivity contribution in [1.82, 2.24) is 0 Å². The van der Waals surface area contributed by atoms with Gasteiger partial charge in [-0.2, -0.15) is 0 Å². The zero-order chi connectivity index (χ0) is 8.12. The summed E-state index contributed by atoms with van der Waals surface area (Å²) in [7, 11) is 1.00. The zero-order valence-corrected chi connectivity index (χ0v) is 6.60. The third-order valence-electron chi connectivity index (χ3n) is 0.0845. The number of alkyl halides is 1. The van der Waals surface area contributed by atoms with E-state index in [0.29, 0.717) is 5.88 Å². The molecular formula is C5H15ClO3. The van der Waals surface area contributed by atoms with Crippen molar-refractivity contribution in [2.45, 2.75) is 6.92 Å². The van der Waals surface area contributed by atoms with Crippen LogP contribution >= 0.6 is 11.6 Å². The van der Waals surface area contributed by atoms with Crippen LogP contribution in [0.15, 0.2) is 0 Å². The molecule has 0 spiro atoms. The Balaban J connectivity index is -0.0000000646. The second-order valence-corrected chi connectivity index (χ2v) is 1.11. The van der Waals surface area contributed by atoms with E-state index in [-0.39, 0.29) is 13.2 Å². The molecule has 0 aromatic rings. The summed E-state index contributed by atoms with van der Waals surface area (Å²) >= 11 is 4.94. The molecule has 0 bridgehead atoms. The van der Waals surface area contributed by atoms with Crippen LogP contribution < -0.4 is 0 Å². The number of aliphatic hydroxyl groups is 3. The Morgan fingerprint density at radius 3 is 1.33 bits per heavy atom. The van der Waals surface area contributed by atoms with Gasteiger partial charge in [-0.25, -0.2) is 0 Å². The first kappa shape index (κ1) is 16.1. The lowest BCUT2D eigenvalue weighted by atomic mass is 10.9. The summed E-state index contributed by atoms with van der Waals surface area (Å²) in [5.74, 6) is 0.347. The molecule has 0 radical (unpaired) electrons. The molecule has 4 heteroatoms. The number of aliphatic hydroxyl groups excluding tert-OH is 3. The van der Waals surface area contributed by atoms with Crippen LogP contribution in [0, 0.1) is 0 Å². The molecule has 0 rings (SSSR count). The predicted molar refractivity (Wildman–Crippen MR) is 38.7 cm³/mol. The third-order valence-corrected chi connectivity index (χ3v) is 0.254. The van der Waals surface area contributed by atoms with Crippen molar-refractivity contribution in [2.24, 2.45) is 0 Å². The summed E-state index contributed by atoms with van der Waals surface area (Å²) in [6.45, 7) is 2.02. The van der Waals surface area contributed by atoms with Gasteiger partial charge in [0.05, 0.1) is 6.61 Å². The third kappa shape index (κ3) is 227. The number of hydrogen-bond donors (Lipinski definition) is 3. The maximum atomic E-state index is 7.74. The highest BCUT2D eigenvalue weighted by atomic mass is 35.5. The molecule has 60 valence electrons. The van der Waals surface area contributed by atoms with Crippen molar-refractivity contribution in [3.8, 4) is 0 Å². The van der Waals surface area contributed by atoms with Gasteiger partial charge in [0.2, 0.25) is 0 Å². The average Bonchev–Trinajstić information content (AvgIpc) is 1.94. The first-order valence-electron chi connectivity index (χ1n) is 2.55. The molecule has 0 aromatic carbocycles. The van der Waals surface area contributed by atoms with Crippen LogP contribution in [0.2, 0.25) is 0 Å². The van der Waals surface area contributed by atoms with Gasteiger partial charge in [-0.15, -0.1) is 11.6 Å². The largest absolute Gasteiger partial charge is 0.400 e. The highest BCUT2D eigenvalue weighted by Gasteiger charge is 1.60. The number of rotatable bonds is 1. The molecule has 9 heavy (non-hydrogen) atoms. The van der Waals surface area contributed by atoms with Crippen molar-refractivity contribution < 1.29 is 15.3 Å². The van der Waals surface area contributed by atoms with E-state index >= 15 is 0 Å². The number of halogens is 1. The second kappa shape index (κ2) is 41.8. The Labute approximate surface area is 60.9 Å². The van der Waals surface area contributed by atoms with Gasteiger partial charge in [0.15, 0.2) is 0 Å². The summed E-state index contributed by atoms with van der Waals surface area (Å²) in [5, 5.41) is 22.3. The van der Waals surface area contributed by atoms with E-state index in [1.165, 1.54) is 0 Å². The summed E-state index contributed by atoms with van der Waals surface area (Å²) < 4.78 is 0. The average molecular weight is 159 g/mol. The Morgan fingerprint density at radius 2 is 1.33 bits per heavy atom. The van der Waals surface area contributed by atoms with E-state index < -0.39 is 0 Å². The standard InChI is InChI=1S/C2H5ClO.C2H6O.CH4O/c3-1-2-4;1-2-3;1-2/h4H,1-2H2;3H,2H2,1H3;2H,1H3. The zero-order valence-electron chi connectivity index (χ0n) is 5.84. The lowest BCUT2D eigenvalue weighted by Crippen LogP contribution is -1.76. The molecular weight excluding hydrogens is 144 g/mol. The van der Waals surface area contributed by atoms with Crippen LogP contribution in [0.1, 0.15) is 6.92 Å². The highest BCUT2D eigenvalue weighted by Crippen LogP contribution is 1.63. The van der Waals surface area contributed by atoms with E-state index in [2.05, 4.69) is 0 Å². The van der Waals surface area contributed by atoms with Gasteiger partial charge in [-0.05, 0) is 6.92 Å². The normalized spacial score (nSPS) is 6.00. The van der Waals surface area contributed by atoms with Gasteiger partial charge >= 0.3 is 0 Å². The molecule has 0 unspecified atom stereocenters. The molecule has 0 atom stereocenters. The lowest BCUT2D eigenvalue weighted by molar-refractivity contribution is 0.318. The Hall–Kier alpha value is 0.170. The SMILES string of the molecule is CCO.CO.OCCCl. The summed E-state index contributed by atoms with van der Waals surface area (Å²) in [4.78, 5) is 0. The highest BCUT2D eigenvalue weighted by molar-refractivity contribution is 6.17. The van der Waals surface area contributed by atoms with Gasteiger partial charge in [0.1, 0.15) is 0 Å². The first-order chi connectivity index (χ1) is 4.33. The van der Waals surface area contributed by atoms with Gasteiger partial charge in [0, 0.05) is 19.6 Å². The van der Waals surface area contributed by atoms with Gasteiger partial charge in [0.25, 0.3) is 0 Å². The minimum Gasteiger partial charge on any atom is -0.400 e. The van der Waals surface area contributed by atoms with E-state index in [9.17, 15) is 0 Å². The van der Waals surface area contributed by atoms with Crippen LogP contribution in [0.25, 0.3) is 0 Å². The second-order valence-electron chi connectivity index (χ2n) is 0.729. The quantitative estimate of drug-likeness (QED) is 0.465. The molecule has 0 saturated heterocycles. The topological polar surface area (TPSA) is 60.7 Å². The lowest BCUT2D eigenvalue weighted by Gasteiger charge is -1.67. The van der Waals surface area contributed by atoms with E-state index in [1.807, 2.05) is 0 Å². The molecule has 0 fully saturated rings. The molecule has 0 aromatic heterocycles. The van der Waals surface area contributed by atoms with E-state index in [1.54, 1.807) is 6.92 Å².